The molecular formula is C22H19F3O3. The van der Waals surface area contributed by atoms with Gasteiger partial charge < -0.3 is 9.47 Å². The molecule has 146 valence electrons. The number of alkyl halides is 3. The second-order valence-electron chi connectivity index (χ2n) is 7.09. The zero-order valence-corrected chi connectivity index (χ0v) is 15.5. The van der Waals surface area contributed by atoms with Gasteiger partial charge in [-0.05, 0) is 48.2 Å². The molecule has 6 heteroatoms. The van der Waals surface area contributed by atoms with Gasteiger partial charge in [-0.2, -0.15) is 13.2 Å². The molecular weight excluding hydrogens is 369 g/mol. The summed E-state index contributed by atoms with van der Waals surface area (Å²) in [6.45, 7) is 5.61. The molecule has 0 unspecified atom stereocenters. The summed E-state index contributed by atoms with van der Waals surface area (Å²) >= 11 is 0. The topological polar surface area (TPSA) is 35.5 Å². The minimum Gasteiger partial charge on any atom is -0.489 e. The Morgan fingerprint density at radius 3 is 2.21 bits per heavy atom. The molecule has 3 nitrogen and oxygen atoms in total. The lowest BCUT2D eigenvalue weighted by atomic mass is 10.0. The van der Waals surface area contributed by atoms with Crippen LogP contribution in [0.2, 0.25) is 0 Å². The van der Waals surface area contributed by atoms with Gasteiger partial charge in [0.1, 0.15) is 23.5 Å². The highest BCUT2D eigenvalue weighted by atomic mass is 19.4. The summed E-state index contributed by atoms with van der Waals surface area (Å²) in [5.41, 5.74) is -2.82. The number of carbonyl (C=O) groups is 1. The van der Waals surface area contributed by atoms with Gasteiger partial charge in [-0.15, -0.1) is 0 Å². The van der Waals surface area contributed by atoms with Crippen LogP contribution in [0.3, 0.4) is 0 Å². The molecule has 0 aromatic heterocycles. The molecule has 0 heterocycles. The lowest BCUT2D eigenvalue weighted by Crippen LogP contribution is -2.37. The van der Waals surface area contributed by atoms with Gasteiger partial charge >= 0.3 is 12.1 Å². The van der Waals surface area contributed by atoms with E-state index in [-0.39, 0.29) is 6.61 Å². The first-order valence-electron chi connectivity index (χ1n) is 8.61. The van der Waals surface area contributed by atoms with Gasteiger partial charge in [-0.1, -0.05) is 43.0 Å². The summed E-state index contributed by atoms with van der Waals surface area (Å²) in [7, 11) is 0. The minimum absolute atomic E-state index is 0.115. The third-order valence-corrected chi connectivity index (χ3v) is 4.24. The van der Waals surface area contributed by atoms with Gasteiger partial charge in [-0.3, -0.25) is 0 Å². The molecule has 0 aliphatic carbocycles. The predicted molar refractivity (Wildman–Crippen MR) is 102 cm³/mol. The Morgan fingerprint density at radius 1 is 0.964 bits per heavy atom. The Labute approximate surface area is 160 Å². The van der Waals surface area contributed by atoms with Gasteiger partial charge in [0.25, 0.3) is 0 Å². The van der Waals surface area contributed by atoms with Crippen molar-refractivity contribution in [1.29, 1.82) is 0 Å². The summed E-state index contributed by atoms with van der Waals surface area (Å²) in [5.74, 6) is -0.952. The standard InChI is InChI=1S/C22H19F3O3/c1-14(22(23,24)25)20(26)28-21(2,3)13-27-19-10-6-9-17-11-15-7-4-5-8-16(15)12-18(17)19/h4-12H,1,13H2,2-3H3. The third-order valence-electron chi connectivity index (χ3n) is 4.24. The average Bonchev–Trinajstić information content (AvgIpc) is 2.63. The first kappa shape index (κ1) is 19.7. The molecule has 0 amide bonds. The largest absolute Gasteiger partial charge is 0.489 e. The normalized spacial score (nSPS) is 12.2. The van der Waals surface area contributed by atoms with Crippen LogP contribution >= 0.6 is 0 Å². The second-order valence-corrected chi connectivity index (χ2v) is 7.09. The van der Waals surface area contributed by atoms with Crippen LogP contribution in [-0.4, -0.2) is 24.4 Å². The van der Waals surface area contributed by atoms with Crippen LogP contribution in [0.25, 0.3) is 21.5 Å². The summed E-state index contributed by atoms with van der Waals surface area (Å²) in [6, 6.07) is 17.5. The summed E-state index contributed by atoms with van der Waals surface area (Å²) < 4.78 is 48.5. The summed E-state index contributed by atoms with van der Waals surface area (Å²) in [5, 5.41) is 3.96. The number of esters is 1. The molecule has 0 atom stereocenters. The SMILES string of the molecule is C=C(C(=O)OC(C)(C)COc1cccc2cc3ccccc3cc12)C(F)(F)F. The number of benzene rings is 3. The molecule has 0 N–H and O–H groups in total. The fourth-order valence-corrected chi connectivity index (χ4v) is 2.77. The van der Waals surface area contributed by atoms with Crippen molar-refractivity contribution in [3.05, 3.63) is 66.7 Å². The van der Waals surface area contributed by atoms with Crippen LogP contribution in [0.5, 0.6) is 5.75 Å². The highest BCUT2D eigenvalue weighted by Crippen LogP contribution is 2.31. The Hall–Kier alpha value is -3.02. The fraction of sp³-hybridized carbons (Fsp3) is 0.227. The number of carbonyl (C=O) groups excluding carboxylic acids is 1. The van der Waals surface area contributed by atoms with Crippen molar-refractivity contribution in [2.45, 2.75) is 25.6 Å². The maximum Gasteiger partial charge on any atom is 0.422 e. The van der Waals surface area contributed by atoms with Crippen molar-refractivity contribution in [3.63, 3.8) is 0 Å². The van der Waals surface area contributed by atoms with Crippen molar-refractivity contribution < 1.29 is 27.4 Å². The number of fused-ring (bicyclic) bond motifs is 2. The van der Waals surface area contributed by atoms with Gasteiger partial charge in [-0.25, -0.2) is 4.79 Å². The summed E-state index contributed by atoms with van der Waals surface area (Å²) in [4.78, 5) is 11.7. The highest BCUT2D eigenvalue weighted by Gasteiger charge is 2.40. The summed E-state index contributed by atoms with van der Waals surface area (Å²) in [6.07, 6.45) is -4.83. The van der Waals surface area contributed by atoms with Gasteiger partial charge in [0.15, 0.2) is 0 Å². The maximum atomic E-state index is 12.6. The first-order chi connectivity index (χ1) is 13.1. The monoisotopic (exact) mass is 388 g/mol. The number of hydrogen-bond acceptors (Lipinski definition) is 3. The van der Waals surface area contributed by atoms with E-state index in [2.05, 4.69) is 6.58 Å². The van der Waals surface area contributed by atoms with Crippen LogP contribution in [0, 0.1) is 0 Å². The molecule has 0 saturated heterocycles. The molecule has 3 rings (SSSR count). The van der Waals surface area contributed by atoms with Crippen molar-refractivity contribution >= 4 is 27.5 Å². The van der Waals surface area contributed by atoms with Gasteiger partial charge in [0, 0.05) is 5.39 Å². The molecule has 0 aliphatic rings. The molecule has 0 radical (unpaired) electrons. The van der Waals surface area contributed by atoms with E-state index in [1.54, 1.807) is 6.07 Å². The Kier molecular flexibility index (Phi) is 5.06. The zero-order valence-electron chi connectivity index (χ0n) is 15.5. The van der Waals surface area contributed by atoms with Gasteiger partial charge in [0.2, 0.25) is 0 Å². The lowest BCUT2D eigenvalue weighted by molar-refractivity contribution is -0.164. The van der Waals surface area contributed by atoms with Crippen LogP contribution in [0.1, 0.15) is 13.8 Å². The van der Waals surface area contributed by atoms with E-state index in [0.717, 1.165) is 21.5 Å². The lowest BCUT2D eigenvalue weighted by Gasteiger charge is -2.26. The Bertz CT molecular complexity index is 1050. The van der Waals surface area contributed by atoms with E-state index in [4.69, 9.17) is 9.47 Å². The molecule has 0 bridgehead atoms. The van der Waals surface area contributed by atoms with E-state index >= 15 is 0 Å². The molecule has 28 heavy (non-hydrogen) atoms. The number of ether oxygens (including phenoxy) is 2. The Balaban J connectivity index is 1.80. The van der Waals surface area contributed by atoms with Gasteiger partial charge in [0.05, 0.1) is 0 Å². The van der Waals surface area contributed by atoms with Crippen LogP contribution < -0.4 is 4.74 Å². The minimum atomic E-state index is -4.83. The van der Waals surface area contributed by atoms with Crippen molar-refractivity contribution in [3.8, 4) is 5.75 Å². The number of halogens is 3. The van der Waals surface area contributed by atoms with Crippen LogP contribution in [0.15, 0.2) is 66.7 Å². The highest BCUT2D eigenvalue weighted by molar-refractivity contribution is 6.00. The van der Waals surface area contributed by atoms with Crippen LogP contribution in [-0.2, 0) is 9.53 Å². The van der Waals surface area contributed by atoms with E-state index in [0.29, 0.717) is 5.75 Å². The van der Waals surface area contributed by atoms with E-state index in [9.17, 15) is 18.0 Å². The smallest absolute Gasteiger partial charge is 0.422 e. The zero-order chi connectivity index (χ0) is 20.5. The molecule has 0 spiro atoms. The Morgan fingerprint density at radius 2 is 1.57 bits per heavy atom. The van der Waals surface area contributed by atoms with E-state index in [1.807, 2.05) is 48.5 Å². The fourth-order valence-electron chi connectivity index (χ4n) is 2.77. The molecule has 0 aliphatic heterocycles. The van der Waals surface area contributed by atoms with Crippen molar-refractivity contribution in [2.24, 2.45) is 0 Å². The molecule has 0 saturated carbocycles. The van der Waals surface area contributed by atoms with Crippen molar-refractivity contribution in [1.82, 2.24) is 0 Å². The first-order valence-corrected chi connectivity index (χ1v) is 8.61. The second kappa shape index (κ2) is 7.19. The quantitative estimate of drug-likeness (QED) is 0.314. The number of hydrogen-bond donors (Lipinski definition) is 0. The molecule has 3 aromatic carbocycles. The van der Waals surface area contributed by atoms with Crippen LogP contribution in [0.4, 0.5) is 13.2 Å². The predicted octanol–water partition coefficient (Wildman–Crippen LogP) is 5.81. The van der Waals surface area contributed by atoms with E-state index < -0.39 is 23.3 Å². The van der Waals surface area contributed by atoms with Crippen molar-refractivity contribution in [2.75, 3.05) is 6.61 Å². The third kappa shape index (κ3) is 4.27. The average molecular weight is 388 g/mol. The van der Waals surface area contributed by atoms with E-state index in [1.165, 1.54) is 13.8 Å². The maximum absolute atomic E-state index is 12.6. The molecule has 3 aromatic rings. The number of rotatable bonds is 5. The molecule has 0 fully saturated rings.